The Hall–Kier alpha value is -1.76. The molecule has 5 nitrogen and oxygen atoms in total. The lowest BCUT2D eigenvalue weighted by Gasteiger charge is -2.19. The standard InChI is InChI=1S/C13H19N5S/c1-3-6-18(4-2)7-5-17-13-10(8-14)12(16)11(9-15)19-13/h17H,3-7,16H2,1-2H3. The molecule has 0 unspecified atom stereocenters. The van der Waals surface area contributed by atoms with E-state index < -0.39 is 0 Å². The Morgan fingerprint density at radius 3 is 2.53 bits per heavy atom. The zero-order valence-electron chi connectivity index (χ0n) is 11.4. The van der Waals surface area contributed by atoms with Crippen LogP contribution < -0.4 is 11.1 Å². The Morgan fingerprint density at radius 2 is 2.00 bits per heavy atom. The van der Waals surface area contributed by atoms with Crippen LogP contribution in [-0.4, -0.2) is 31.1 Å². The molecular formula is C13H19N5S. The van der Waals surface area contributed by atoms with Gasteiger partial charge in [0.15, 0.2) is 0 Å². The lowest BCUT2D eigenvalue weighted by atomic mass is 10.2. The van der Waals surface area contributed by atoms with Crippen molar-refractivity contribution in [3.05, 3.63) is 10.4 Å². The van der Waals surface area contributed by atoms with Crippen molar-refractivity contribution < 1.29 is 0 Å². The minimum atomic E-state index is 0.290. The first kappa shape index (κ1) is 15.3. The van der Waals surface area contributed by atoms with E-state index in [9.17, 15) is 0 Å². The molecule has 0 saturated carbocycles. The van der Waals surface area contributed by atoms with Gasteiger partial charge in [-0.05, 0) is 19.5 Å². The number of hydrogen-bond acceptors (Lipinski definition) is 6. The Balaban J connectivity index is 2.64. The molecule has 0 aliphatic heterocycles. The van der Waals surface area contributed by atoms with Crippen molar-refractivity contribution in [1.29, 1.82) is 10.5 Å². The third-order valence-electron chi connectivity index (χ3n) is 2.86. The minimum absolute atomic E-state index is 0.290. The van der Waals surface area contributed by atoms with E-state index in [0.717, 1.165) is 32.6 Å². The van der Waals surface area contributed by atoms with Crippen LogP contribution in [-0.2, 0) is 0 Å². The quantitative estimate of drug-likeness (QED) is 0.797. The monoisotopic (exact) mass is 277 g/mol. The molecule has 19 heavy (non-hydrogen) atoms. The molecule has 0 amide bonds. The summed E-state index contributed by atoms with van der Waals surface area (Å²) in [4.78, 5) is 2.74. The summed E-state index contributed by atoms with van der Waals surface area (Å²) in [6, 6.07) is 4.07. The molecule has 0 atom stereocenters. The van der Waals surface area contributed by atoms with E-state index in [0.29, 0.717) is 21.1 Å². The van der Waals surface area contributed by atoms with E-state index in [4.69, 9.17) is 16.3 Å². The normalized spacial score (nSPS) is 10.2. The maximum absolute atomic E-state index is 9.06. The van der Waals surface area contributed by atoms with Crippen LogP contribution in [0, 0.1) is 22.7 Å². The van der Waals surface area contributed by atoms with Crippen molar-refractivity contribution >= 4 is 22.0 Å². The van der Waals surface area contributed by atoms with Gasteiger partial charge in [-0.15, -0.1) is 11.3 Å². The number of likely N-dealkylation sites (N-methyl/N-ethyl adjacent to an activating group) is 1. The summed E-state index contributed by atoms with van der Waals surface area (Å²) in [5.41, 5.74) is 6.42. The fraction of sp³-hybridized carbons (Fsp3) is 0.538. The van der Waals surface area contributed by atoms with Crippen LogP contribution in [0.2, 0.25) is 0 Å². The molecule has 1 heterocycles. The van der Waals surface area contributed by atoms with Gasteiger partial charge in [-0.1, -0.05) is 13.8 Å². The van der Waals surface area contributed by atoms with Gasteiger partial charge in [0.1, 0.15) is 27.6 Å². The van der Waals surface area contributed by atoms with Gasteiger partial charge in [0, 0.05) is 13.1 Å². The van der Waals surface area contributed by atoms with Gasteiger partial charge in [-0.25, -0.2) is 0 Å². The molecule has 0 aromatic carbocycles. The minimum Gasteiger partial charge on any atom is -0.396 e. The Bertz CT molecular complexity index is 494. The summed E-state index contributed by atoms with van der Waals surface area (Å²) in [5.74, 6) is 0. The van der Waals surface area contributed by atoms with E-state index in [1.165, 1.54) is 11.3 Å². The van der Waals surface area contributed by atoms with Gasteiger partial charge in [0.2, 0.25) is 0 Å². The molecule has 6 heteroatoms. The molecule has 0 aliphatic carbocycles. The van der Waals surface area contributed by atoms with Crippen molar-refractivity contribution in [2.24, 2.45) is 0 Å². The maximum atomic E-state index is 9.06. The van der Waals surface area contributed by atoms with Crippen LogP contribution in [0.1, 0.15) is 30.7 Å². The summed E-state index contributed by atoms with van der Waals surface area (Å²) >= 11 is 1.25. The first-order valence-electron chi connectivity index (χ1n) is 6.36. The third kappa shape index (κ3) is 3.85. The van der Waals surface area contributed by atoms with Crippen LogP contribution in [0.25, 0.3) is 0 Å². The molecule has 0 saturated heterocycles. The molecule has 1 aromatic rings. The van der Waals surface area contributed by atoms with Gasteiger partial charge < -0.3 is 16.0 Å². The summed E-state index contributed by atoms with van der Waals surface area (Å²) < 4.78 is 0. The molecule has 1 aromatic heterocycles. The second-order valence-corrected chi connectivity index (χ2v) is 5.15. The van der Waals surface area contributed by atoms with Gasteiger partial charge in [0.25, 0.3) is 0 Å². The number of nitrogens with zero attached hydrogens (tertiary/aromatic N) is 3. The second-order valence-electron chi connectivity index (χ2n) is 4.13. The molecule has 0 fully saturated rings. The number of nitriles is 2. The van der Waals surface area contributed by atoms with Crippen molar-refractivity contribution in [3.63, 3.8) is 0 Å². The second kappa shape index (κ2) is 7.63. The smallest absolute Gasteiger partial charge is 0.131 e. The van der Waals surface area contributed by atoms with E-state index in [-0.39, 0.29) is 0 Å². The Labute approximate surface area is 118 Å². The summed E-state index contributed by atoms with van der Waals surface area (Å²) in [5, 5.41) is 21.9. The van der Waals surface area contributed by atoms with Crippen LogP contribution in [0.5, 0.6) is 0 Å². The number of hydrogen-bond donors (Lipinski definition) is 2. The number of anilines is 2. The highest BCUT2D eigenvalue weighted by Crippen LogP contribution is 2.34. The number of rotatable bonds is 7. The van der Waals surface area contributed by atoms with Crippen molar-refractivity contribution in [1.82, 2.24) is 4.90 Å². The summed E-state index contributed by atoms with van der Waals surface area (Å²) in [7, 11) is 0. The van der Waals surface area contributed by atoms with Crippen LogP contribution in [0.15, 0.2) is 0 Å². The molecule has 0 radical (unpaired) electrons. The van der Waals surface area contributed by atoms with Crippen molar-refractivity contribution in [3.8, 4) is 12.1 Å². The number of thiophene rings is 1. The lowest BCUT2D eigenvalue weighted by Crippen LogP contribution is -2.29. The van der Waals surface area contributed by atoms with Gasteiger partial charge >= 0.3 is 0 Å². The molecule has 1 rings (SSSR count). The number of nitrogens with one attached hydrogen (secondary N) is 1. The molecule has 0 bridgehead atoms. The highest BCUT2D eigenvalue weighted by atomic mass is 32.1. The topological polar surface area (TPSA) is 88.9 Å². The molecule has 0 aliphatic rings. The number of nitrogen functional groups attached to an aromatic ring is 1. The summed E-state index contributed by atoms with van der Waals surface area (Å²) in [6.07, 6.45) is 1.13. The van der Waals surface area contributed by atoms with Crippen LogP contribution in [0.3, 0.4) is 0 Å². The fourth-order valence-electron chi connectivity index (χ4n) is 1.83. The SMILES string of the molecule is CCCN(CC)CCNc1sc(C#N)c(N)c1C#N. The summed E-state index contributed by atoms with van der Waals surface area (Å²) in [6.45, 7) is 8.02. The first-order chi connectivity index (χ1) is 9.17. The first-order valence-corrected chi connectivity index (χ1v) is 7.18. The predicted molar refractivity (Wildman–Crippen MR) is 79.1 cm³/mol. The Kier molecular flexibility index (Phi) is 6.14. The zero-order valence-corrected chi connectivity index (χ0v) is 12.2. The van der Waals surface area contributed by atoms with Crippen LogP contribution >= 0.6 is 11.3 Å². The van der Waals surface area contributed by atoms with E-state index in [1.54, 1.807) is 0 Å². The van der Waals surface area contributed by atoms with Crippen molar-refractivity contribution in [2.45, 2.75) is 20.3 Å². The fourth-order valence-corrected chi connectivity index (χ4v) is 2.73. The highest BCUT2D eigenvalue weighted by molar-refractivity contribution is 7.17. The molecule has 102 valence electrons. The average Bonchev–Trinajstić information content (AvgIpc) is 2.73. The van der Waals surface area contributed by atoms with E-state index in [2.05, 4.69) is 30.1 Å². The van der Waals surface area contributed by atoms with Gasteiger partial charge in [-0.3, -0.25) is 0 Å². The zero-order chi connectivity index (χ0) is 14.3. The molecule has 3 N–H and O–H groups in total. The lowest BCUT2D eigenvalue weighted by molar-refractivity contribution is 0.300. The van der Waals surface area contributed by atoms with Crippen LogP contribution in [0.4, 0.5) is 10.7 Å². The molecule has 0 spiro atoms. The highest BCUT2D eigenvalue weighted by Gasteiger charge is 2.15. The number of nitrogens with two attached hydrogens (primary N) is 1. The van der Waals surface area contributed by atoms with Gasteiger partial charge in [0.05, 0.1) is 5.69 Å². The van der Waals surface area contributed by atoms with Crippen molar-refractivity contribution in [2.75, 3.05) is 37.2 Å². The average molecular weight is 277 g/mol. The predicted octanol–water partition coefficient (Wildman–Crippen LogP) is 2.22. The largest absolute Gasteiger partial charge is 0.396 e. The third-order valence-corrected chi connectivity index (χ3v) is 3.93. The molecular weight excluding hydrogens is 258 g/mol. The Morgan fingerprint density at radius 1 is 1.26 bits per heavy atom. The maximum Gasteiger partial charge on any atom is 0.131 e. The van der Waals surface area contributed by atoms with Gasteiger partial charge in [-0.2, -0.15) is 10.5 Å². The van der Waals surface area contributed by atoms with E-state index in [1.807, 2.05) is 6.07 Å². The van der Waals surface area contributed by atoms with E-state index >= 15 is 0 Å².